The molecule has 0 amide bonds. The fourth-order valence-electron chi connectivity index (χ4n) is 2.42. The van der Waals surface area contributed by atoms with Gasteiger partial charge in [-0.15, -0.1) is 35.3 Å². The summed E-state index contributed by atoms with van der Waals surface area (Å²) in [6.07, 6.45) is 0. The molecule has 168 valence electrons. The van der Waals surface area contributed by atoms with Crippen molar-refractivity contribution in [2.24, 2.45) is 4.99 Å². The molecule has 0 aliphatic heterocycles. The maximum atomic E-state index is 12.2. The predicted molar refractivity (Wildman–Crippen MR) is 125 cm³/mol. The summed E-state index contributed by atoms with van der Waals surface area (Å²) in [4.78, 5) is 6.30. The van der Waals surface area contributed by atoms with Crippen LogP contribution in [0.5, 0.6) is 5.75 Å². The molecule has 30 heavy (non-hydrogen) atoms. The topological polar surface area (TPSA) is 83.0 Å². The summed E-state index contributed by atoms with van der Waals surface area (Å²) in [6, 6.07) is 9.60. The smallest absolute Gasteiger partial charge is 0.387 e. The third kappa shape index (κ3) is 8.70. The second-order valence-electron chi connectivity index (χ2n) is 5.94. The molecular formula is C18H25F2IN4O3S2. The lowest BCUT2D eigenvalue weighted by molar-refractivity contribution is -0.0498. The van der Waals surface area contributed by atoms with E-state index in [9.17, 15) is 17.2 Å². The first kappa shape index (κ1) is 26.5. The molecule has 2 N–H and O–H groups in total. The van der Waals surface area contributed by atoms with Gasteiger partial charge in [-0.05, 0) is 36.1 Å². The van der Waals surface area contributed by atoms with Crippen LogP contribution in [0.1, 0.15) is 12.5 Å². The van der Waals surface area contributed by atoms with Gasteiger partial charge in [0.25, 0.3) is 0 Å². The lowest BCUT2D eigenvalue weighted by Crippen LogP contribution is -2.39. The molecule has 0 atom stereocenters. The summed E-state index contributed by atoms with van der Waals surface area (Å²) < 4.78 is 55.8. The number of benzene rings is 1. The van der Waals surface area contributed by atoms with Gasteiger partial charge >= 0.3 is 6.61 Å². The van der Waals surface area contributed by atoms with Gasteiger partial charge in [-0.2, -0.15) is 8.78 Å². The molecule has 2 aromatic rings. The van der Waals surface area contributed by atoms with E-state index in [1.807, 2.05) is 18.9 Å². The Labute approximate surface area is 196 Å². The Hall–Kier alpha value is -1.51. The van der Waals surface area contributed by atoms with Gasteiger partial charge in [0.05, 0.1) is 6.54 Å². The van der Waals surface area contributed by atoms with Gasteiger partial charge < -0.3 is 15.0 Å². The van der Waals surface area contributed by atoms with E-state index < -0.39 is 16.6 Å². The Morgan fingerprint density at radius 2 is 1.97 bits per heavy atom. The molecule has 1 aromatic carbocycles. The van der Waals surface area contributed by atoms with Gasteiger partial charge in [0.2, 0.25) is 10.0 Å². The third-order valence-electron chi connectivity index (χ3n) is 3.69. The molecule has 0 unspecified atom stereocenters. The van der Waals surface area contributed by atoms with E-state index in [2.05, 4.69) is 19.8 Å². The number of halogens is 3. The first-order valence-corrected chi connectivity index (χ1v) is 11.2. The normalized spacial score (nSPS) is 11.8. The highest BCUT2D eigenvalue weighted by molar-refractivity contribution is 14.0. The number of ether oxygens (including phenoxy) is 1. The first-order valence-electron chi connectivity index (χ1n) is 8.88. The summed E-state index contributed by atoms with van der Waals surface area (Å²) in [5.74, 6) is 0.709. The highest BCUT2D eigenvalue weighted by Gasteiger charge is 2.14. The van der Waals surface area contributed by atoms with Crippen LogP contribution in [-0.2, 0) is 16.6 Å². The van der Waals surface area contributed by atoms with Crippen molar-refractivity contribution in [2.75, 3.05) is 26.7 Å². The van der Waals surface area contributed by atoms with Crippen molar-refractivity contribution in [1.29, 1.82) is 0 Å². The zero-order valence-electron chi connectivity index (χ0n) is 16.5. The summed E-state index contributed by atoms with van der Waals surface area (Å²) in [7, 11) is -1.67. The van der Waals surface area contributed by atoms with Crippen LogP contribution in [0.4, 0.5) is 8.78 Å². The molecule has 1 aromatic heterocycles. The van der Waals surface area contributed by atoms with E-state index >= 15 is 0 Å². The van der Waals surface area contributed by atoms with Crippen LogP contribution in [0.2, 0.25) is 0 Å². The molecule has 7 nitrogen and oxygen atoms in total. The van der Waals surface area contributed by atoms with E-state index in [1.54, 1.807) is 29.6 Å². The molecular weight excluding hydrogens is 549 g/mol. The van der Waals surface area contributed by atoms with E-state index in [-0.39, 0.29) is 47.0 Å². The number of guanidine groups is 1. The Kier molecular flexibility index (Phi) is 11.5. The molecule has 0 fully saturated rings. The van der Waals surface area contributed by atoms with Crippen molar-refractivity contribution in [3.8, 4) is 5.75 Å². The molecule has 12 heteroatoms. The Balaban J connectivity index is 0.00000450. The Bertz CT molecular complexity index is 879. The van der Waals surface area contributed by atoms with Crippen LogP contribution in [0.25, 0.3) is 0 Å². The number of rotatable bonds is 10. The maximum absolute atomic E-state index is 12.2. The van der Waals surface area contributed by atoms with Gasteiger partial charge in [-0.3, -0.25) is 4.99 Å². The molecule has 0 radical (unpaired) electrons. The van der Waals surface area contributed by atoms with Crippen LogP contribution in [-0.4, -0.2) is 52.6 Å². The van der Waals surface area contributed by atoms with Crippen LogP contribution in [0, 0.1) is 0 Å². The number of alkyl halides is 2. The Morgan fingerprint density at radius 1 is 1.27 bits per heavy atom. The van der Waals surface area contributed by atoms with E-state index in [0.717, 1.165) is 16.9 Å². The molecule has 2 rings (SSSR count). The fourth-order valence-corrected chi connectivity index (χ4v) is 4.48. The molecule has 0 bridgehead atoms. The lowest BCUT2D eigenvalue weighted by atomic mass is 10.2. The number of aliphatic imine (C=N–C) groups is 1. The minimum absolute atomic E-state index is 0. The average Bonchev–Trinajstić information content (AvgIpc) is 3.21. The summed E-state index contributed by atoms with van der Waals surface area (Å²) in [5, 5.41) is 4.85. The molecule has 0 spiro atoms. The Morgan fingerprint density at radius 3 is 2.53 bits per heavy atom. The zero-order valence-corrected chi connectivity index (χ0v) is 20.5. The summed E-state index contributed by atoms with van der Waals surface area (Å²) in [5.41, 5.74) is 0.887. The van der Waals surface area contributed by atoms with Gasteiger partial charge in [-0.1, -0.05) is 18.2 Å². The monoisotopic (exact) mass is 574 g/mol. The van der Waals surface area contributed by atoms with Crippen LogP contribution < -0.4 is 14.8 Å². The van der Waals surface area contributed by atoms with Gasteiger partial charge in [-0.25, -0.2) is 13.1 Å². The van der Waals surface area contributed by atoms with Gasteiger partial charge in [0.1, 0.15) is 9.96 Å². The van der Waals surface area contributed by atoms with Crippen LogP contribution >= 0.6 is 35.3 Å². The van der Waals surface area contributed by atoms with Crippen LogP contribution in [0.15, 0.2) is 51.0 Å². The second-order valence-corrected chi connectivity index (χ2v) is 8.89. The molecule has 1 heterocycles. The highest BCUT2D eigenvalue weighted by atomic mass is 127. The quantitative estimate of drug-likeness (QED) is 0.197. The molecule has 0 saturated heterocycles. The number of thiophene rings is 1. The van der Waals surface area contributed by atoms with Crippen LogP contribution in [0.3, 0.4) is 0 Å². The molecule has 0 saturated carbocycles. The minimum Gasteiger partial charge on any atom is -0.435 e. The van der Waals surface area contributed by atoms with Crippen molar-refractivity contribution in [3.63, 3.8) is 0 Å². The predicted octanol–water partition coefficient (Wildman–Crippen LogP) is 3.34. The second kappa shape index (κ2) is 13.0. The van der Waals surface area contributed by atoms with E-state index in [4.69, 9.17) is 0 Å². The maximum Gasteiger partial charge on any atom is 0.387 e. The van der Waals surface area contributed by atoms with Gasteiger partial charge in [0.15, 0.2) is 5.96 Å². The lowest BCUT2D eigenvalue weighted by Gasteiger charge is -2.22. The first-order chi connectivity index (χ1) is 13.8. The van der Waals surface area contributed by atoms with Crippen molar-refractivity contribution in [3.05, 3.63) is 47.3 Å². The van der Waals surface area contributed by atoms with Crippen molar-refractivity contribution < 1.29 is 21.9 Å². The SMILES string of the molecule is CCNC(=NCCNS(=O)(=O)c1cccs1)N(C)Cc1ccc(OC(F)F)cc1.I. The number of nitrogens with one attached hydrogen (secondary N) is 2. The largest absolute Gasteiger partial charge is 0.435 e. The number of nitrogens with zero attached hydrogens (tertiary/aromatic N) is 2. The number of sulfonamides is 1. The minimum atomic E-state index is -3.51. The number of hydrogen-bond acceptors (Lipinski definition) is 5. The number of hydrogen-bond donors (Lipinski definition) is 2. The summed E-state index contributed by atoms with van der Waals surface area (Å²) in [6.45, 7) is 0.640. The van der Waals surface area contributed by atoms with Crippen molar-refractivity contribution >= 4 is 51.3 Å². The van der Waals surface area contributed by atoms with Crippen molar-refractivity contribution in [2.45, 2.75) is 24.3 Å². The van der Waals surface area contributed by atoms with E-state index in [1.165, 1.54) is 12.1 Å². The average molecular weight is 574 g/mol. The van der Waals surface area contributed by atoms with Crippen molar-refractivity contribution in [1.82, 2.24) is 14.9 Å². The molecule has 0 aliphatic rings. The third-order valence-corrected chi connectivity index (χ3v) is 6.55. The van der Waals surface area contributed by atoms with E-state index in [0.29, 0.717) is 19.0 Å². The van der Waals surface area contributed by atoms with Gasteiger partial charge in [0, 0.05) is 26.7 Å². The highest BCUT2D eigenvalue weighted by Crippen LogP contribution is 2.16. The standard InChI is InChI=1S/C18H24F2N4O3S2.HI/c1-3-21-18(22-10-11-23-29(25,26)16-5-4-12-28-16)24(2)13-14-6-8-15(9-7-14)27-17(19)20;/h4-9,12,17,23H,3,10-11,13H2,1-2H3,(H,21,22);1H. The summed E-state index contributed by atoms with van der Waals surface area (Å²) >= 11 is 1.16. The zero-order chi connectivity index (χ0) is 21.3. The molecule has 0 aliphatic carbocycles. The fraction of sp³-hybridized carbons (Fsp3) is 0.389.